The third-order valence-electron chi connectivity index (χ3n) is 4.15. The molecular formula is C12H21F3N2. The van der Waals surface area contributed by atoms with Crippen molar-refractivity contribution in [2.75, 3.05) is 26.2 Å². The summed E-state index contributed by atoms with van der Waals surface area (Å²) in [6.45, 7) is 5.39. The molecule has 2 fully saturated rings. The molecule has 1 N–H and O–H groups in total. The van der Waals surface area contributed by atoms with Gasteiger partial charge in [-0.3, -0.25) is 0 Å². The van der Waals surface area contributed by atoms with Crippen LogP contribution < -0.4 is 5.32 Å². The number of hydrogen-bond acceptors (Lipinski definition) is 2. The highest BCUT2D eigenvalue weighted by Gasteiger charge is 2.41. The van der Waals surface area contributed by atoms with Gasteiger partial charge in [0.1, 0.15) is 0 Å². The van der Waals surface area contributed by atoms with Crippen molar-refractivity contribution < 1.29 is 13.2 Å². The fourth-order valence-electron chi connectivity index (χ4n) is 3.29. The highest BCUT2D eigenvalue weighted by Crippen LogP contribution is 2.36. The highest BCUT2D eigenvalue weighted by molar-refractivity contribution is 4.96. The monoisotopic (exact) mass is 250 g/mol. The molecule has 0 amide bonds. The second-order valence-electron chi connectivity index (χ2n) is 5.29. The molecule has 0 aromatic heterocycles. The zero-order valence-corrected chi connectivity index (χ0v) is 10.3. The minimum atomic E-state index is -4.03. The van der Waals surface area contributed by atoms with E-state index in [1.807, 2.05) is 0 Å². The molecule has 0 aromatic rings. The lowest BCUT2D eigenvalue weighted by molar-refractivity contribution is -0.134. The summed E-state index contributed by atoms with van der Waals surface area (Å²) in [5, 5.41) is 3.14. The van der Waals surface area contributed by atoms with Crippen LogP contribution in [0.2, 0.25) is 0 Å². The summed E-state index contributed by atoms with van der Waals surface area (Å²) in [5.41, 5.74) is 0. The molecule has 0 radical (unpaired) electrons. The van der Waals surface area contributed by atoms with Crippen LogP contribution in [0, 0.1) is 11.8 Å². The van der Waals surface area contributed by atoms with Gasteiger partial charge in [0.25, 0.3) is 0 Å². The van der Waals surface area contributed by atoms with Gasteiger partial charge in [0.05, 0.1) is 6.42 Å². The molecule has 2 bridgehead atoms. The van der Waals surface area contributed by atoms with Gasteiger partial charge in [0.15, 0.2) is 0 Å². The van der Waals surface area contributed by atoms with Gasteiger partial charge in [0, 0.05) is 25.7 Å². The number of piperidine rings is 1. The summed E-state index contributed by atoms with van der Waals surface area (Å²) in [4.78, 5) is 2.42. The standard InChI is InChI=1S/C12H21F3N2/c1-2-17-7-9-3-4-10(8-17)11(9)16-6-5-12(13,14)15/h9-11,16H,2-8H2,1H3/t9-,10+,11?. The number of fused-ring (bicyclic) bond motifs is 2. The third kappa shape index (κ3) is 3.35. The maximum Gasteiger partial charge on any atom is 0.390 e. The number of likely N-dealkylation sites (tertiary alicyclic amines) is 1. The Kier molecular flexibility index (Phi) is 3.98. The van der Waals surface area contributed by atoms with Crippen LogP contribution >= 0.6 is 0 Å². The molecule has 1 saturated heterocycles. The second kappa shape index (κ2) is 5.14. The Morgan fingerprint density at radius 3 is 2.24 bits per heavy atom. The summed E-state index contributed by atoms with van der Waals surface area (Å²) in [5.74, 6) is 1.11. The van der Waals surface area contributed by atoms with E-state index in [-0.39, 0.29) is 6.54 Å². The van der Waals surface area contributed by atoms with E-state index < -0.39 is 12.6 Å². The molecule has 5 heteroatoms. The quantitative estimate of drug-likeness (QED) is 0.823. The van der Waals surface area contributed by atoms with E-state index in [4.69, 9.17) is 0 Å². The van der Waals surface area contributed by atoms with E-state index in [0.29, 0.717) is 17.9 Å². The van der Waals surface area contributed by atoms with Crippen molar-refractivity contribution in [2.24, 2.45) is 11.8 Å². The molecule has 1 saturated carbocycles. The normalized spacial score (nSPS) is 34.2. The van der Waals surface area contributed by atoms with E-state index in [0.717, 1.165) is 19.6 Å². The van der Waals surface area contributed by atoms with Crippen molar-refractivity contribution in [3.8, 4) is 0 Å². The molecule has 2 aliphatic rings. The van der Waals surface area contributed by atoms with Crippen molar-refractivity contribution in [1.29, 1.82) is 0 Å². The molecule has 0 spiro atoms. The Morgan fingerprint density at radius 1 is 1.18 bits per heavy atom. The predicted molar refractivity (Wildman–Crippen MR) is 60.8 cm³/mol. The largest absolute Gasteiger partial charge is 0.390 e. The maximum atomic E-state index is 12.1. The molecule has 0 aromatic carbocycles. The topological polar surface area (TPSA) is 15.3 Å². The summed E-state index contributed by atoms with van der Waals surface area (Å²) in [6.07, 6.45) is -2.40. The molecule has 3 atom stereocenters. The van der Waals surface area contributed by atoms with Crippen molar-refractivity contribution in [2.45, 2.75) is 38.4 Å². The van der Waals surface area contributed by atoms with Crippen molar-refractivity contribution in [1.82, 2.24) is 10.2 Å². The second-order valence-corrected chi connectivity index (χ2v) is 5.29. The molecule has 1 aliphatic heterocycles. The Labute approximate surface area is 101 Å². The number of hydrogen-bond donors (Lipinski definition) is 1. The van der Waals surface area contributed by atoms with Gasteiger partial charge in [0.2, 0.25) is 0 Å². The van der Waals surface area contributed by atoms with E-state index in [2.05, 4.69) is 17.1 Å². The average Bonchev–Trinajstić information content (AvgIpc) is 2.49. The lowest BCUT2D eigenvalue weighted by atomic mass is 9.92. The first-order valence-electron chi connectivity index (χ1n) is 6.52. The fourth-order valence-corrected chi connectivity index (χ4v) is 3.29. The molecule has 17 heavy (non-hydrogen) atoms. The number of nitrogens with zero attached hydrogens (tertiary/aromatic N) is 1. The molecule has 100 valence electrons. The number of alkyl halides is 3. The average molecular weight is 250 g/mol. The predicted octanol–water partition coefficient (Wildman–Crippen LogP) is 2.26. The van der Waals surface area contributed by atoms with E-state index >= 15 is 0 Å². The van der Waals surface area contributed by atoms with Gasteiger partial charge >= 0.3 is 6.18 Å². The van der Waals surface area contributed by atoms with Crippen LogP contribution in [-0.4, -0.2) is 43.3 Å². The van der Waals surface area contributed by atoms with Crippen LogP contribution in [0.3, 0.4) is 0 Å². The van der Waals surface area contributed by atoms with E-state index in [1.54, 1.807) is 0 Å². The first-order chi connectivity index (χ1) is 7.99. The first-order valence-corrected chi connectivity index (χ1v) is 6.52. The molecule has 2 rings (SSSR count). The van der Waals surface area contributed by atoms with Crippen molar-refractivity contribution in [3.05, 3.63) is 0 Å². The molecule has 1 aliphatic carbocycles. The molecule has 1 heterocycles. The Hall–Kier alpha value is -0.290. The van der Waals surface area contributed by atoms with Crippen molar-refractivity contribution in [3.63, 3.8) is 0 Å². The Bertz CT molecular complexity index is 241. The maximum absolute atomic E-state index is 12.1. The lowest BCUT2D eigenvalue weighted by Gasteiger charge is -2.38. The van der Waals surface area contributed by atoms with Crippen LogP contribution in [0.1, 0.15) is 26.2 Å². The van der Waals surface area contributed by atoms with Gasteiger partial charge in [-0.25, -0.2) is 0 Å². The number of halogens is 3. The highest BCUT2D eigenvalue weighted by atomic mass is 19.4. The van der Waals surface area contributed by atoms with Crippen LogP contribution in [0.5, 0.6) is 0 Å². The Balaban J connectivity index is 1.79. The Morgan fingerprint density at radius 2 is 1.76 bits per heavy atom. The van der Waals surface area contributed by atoms with Gasteiger partial charge in [-0.2, -0.15) is 13.2 Å². The molecule has 2 nitrogen and oxygen atoms in total. The van der Waals surface area contributed by atoms with Gasteiger partial charge in [-0.1, -0.05) is 6.92 Å². The minimum Gasteiger partial charge on any atom is -0.313 e. The van der Waals surface area contributed by atoms with Crippen LogP contribution in [0.4, 0.5) is 13.2 Å². The van der Waals surface area contributed by atoms with Gasteiger partial charge < -0.3 is 10.2 Å². The summed E-state index contributed by atoms with van der Waals surface area (Å²) < 4.78 is 36.3. The summed E-state index contributed by atoms with van der Waals surface area (Å²) in [6, 6.07) is 0.320. The zero-order chi connectivity index (χ0) is 12.5. The number of nitrogens with one attached hydrogen (secondary N) is 1. The third-order valence-corrected chi connectivity index (χ3v) is 4.15. The molecular weight excluding hydrogens is 229 g/mol. The number of rotatable bonds is 4. The van der Waals surface area contributed by atoms with Crippen molar-refractivity contribution >= 4 is 0 Å². The lowest BCUT2D eigenvalue weighted by Crippen LogP contribution is -2.51. The van der Waals surface area contributed by atoms with Crippen LogP contribution in [0.25, 0.3) is 0 Å². The SMILES string of the molecule is CCN1C[C@H]2CC[C@@H](C1)C2NCCC(F)(F)F. The first kappa shape index (κ1) is 13.1. The van der Waals surface area contributed by atoms with Crippen LogP contribution in [0.15, 0.2) is 0 Å². The minimum absolute atomic E-state index is 0.0767. The van der Waals surface area contributed by atoms with Gasteiger partial charge in [-0.15, -0.1) is 0 Å². The van der Waals surface area contributed by atoms with E-state index in [1.165, 1.54) is 12.8 Å². The summed E-state index contributed by atoms with van der Waals surface area (Å²) in [7, 11) is 0. The smallest absolute Gasteiger partial charge is 0.313 e. The zero-order valence-electron chi connectivity index (χ0n) is 10.3. The van der Waals surface area contributed by atoms with E-state index in [9.17, 15) is 13.2 Å². The molecule has 1 unspecified atom stereocenters. The fraction of sp³-hybridized carbons (Fsp3) is 1.00. The summed E-state index contributed by atoms with van der Waals surface area (Å²) >= 11 is 0. The van der Waals surface area contributed by atoms with Crippen LogP contribution in [-0.2, 0) is 0 Å². The van der Waals surface area contributed by atoms with Gasteiger partial charge in [-0.05, 0) is 31.2 Å².